The third-order valence-electron chi connectivity index (χ3n) is 2.42. The van der Waals surface area contributed by atoms with Gasteiger partial charge in [-0.25, -0.2) is 0 Å². The SMILES string of the molecule is CC(N=[N+]=[N-])N1C(=O)c2ccccc2C1=O. The molecule has 6 heteroatoms. The van der Waals surface area contributed by atoms with E-state index in [4.69, 9.17) is 5.53 Å². The molecule has 0 fully saturated rings. The Morgan fingerprint density at radius 3 is 2.19 bits per heavy atom. The van der Waals surface area contributed by atoms with Gasteiger partial charge in [-0.2, -0.15) is 0 Å². The van der Waals surface area contributed by atoms with Crippen LogP contribution in [0.3, 0.4) is 0 Å². The van der Waals surface area contributed by atoms with Gasteiger partial charge in [-0.05, 0) is 24.6 Å². The molecule has 1 aliphatic heterocycles. The summed E-state index contributed by atoms with van der Waals surface area (Å²) in [5.41, 5.74) is 9.00. The molecule has 1 aromatic carbocycles. The van der Waals surface area contributed by atoms with Gasteiger partial charge in [0.2, 0.25) is 0 Å². The highest BCUT2D eigenvalue weighted by atomic mass is 16.2. The smallest absolute Gasteiger partial charge is 0.261 e. The second-order valence-electron chi connectivity index (χ2n) is 3.36. The molecule has 2 rings (SSSR count). The van der Waals surface area contributed by atoms with Crippen molar-refractivity contribution in [2.45, 2.75) is 13.1 Å². The topological polar surface area (TPSA) is 86.1 Å². The lowest BCUT2D eigenvalue weighted by Gasteiger charge is -2.17. The summed E-state index contributed by atoms with van der Waals surface area (Å²) in [6, 6.07) is 6.54. The van der Waals surface area contributed by atoms with Gasteiger partial charge >= 0.3 is 0 Å². The highest BCUT2D eigenvalue weighted by Gasteiger charge is 2.37. The number of nitrogens with zero attached hydrogens (tertiary/aromatic N) is 4. The normalized spacial score (nSPS) is 15.7. The van der Waals surface area contributed by atoms with Gasteiger partial charge < -0.3 is 0 Å². The summed E-state index contributed by atoms with van der Waals surface area (Å²) < 4.78 is 0. The average molecular weight is 216 g/mol. The van der Waals surface area contributed by atoms with Crippen LogP contribution in [-0.4, -0.2) is 22.9 Å². The summed E-state index contributed by atoms with van der Waals surface area (Å²) in [4.78, 5) is 27.2. The predicted molar refractivity (Wildman–Crippen MR) is 55.6 cm³/mol. The summed E-state index contributed by atoms with van der Waals surface area (Å²) in [7, 11) is 0. The number of azide groups is 1. The van der Waals surface area contributed by atoms with Crippen molar-refractivity contribution < 1.29 is 9.59 Å². The van der Waals surface area contributed by atoms with E-state index in [1.54, 1.807) is 24.3 Å². The van der Waals surface area contributed by atoms with Crippen molar-refractivity contribution in [1.29, 1.82) is 0 Å². The van der Waals surface area contributed by atoms with Gasteiger partial charge in [0, 0.05) is 4.91 Å². The molecule has 0 radical (unpaired) electrons. The molecule has 16 heavy (non-hydrogen) atoms. The monoisotopic (exact) mass is 216 g/mol. The number of amides is 2. The highest BCUT2D eigenvalue weighted by Crippen LogP contribution is 2.24. The molecule has 2 amide bonds. The summed E-state index contributed by atoms with van der Waals surface area (Å²) in [6.07, 6.45) is -0.808. The fraction of sp³-hybridized carbons (Fsp3) is 0.200. The molecular weight excluding hydrogens is 208 g/mol. The van der Waals surface area contributed by atoms with Crippen LogP contribution in [0, 0.1) is 0 Å². The minimum atomic E-state index is -0.808. The molecule has 0 aliphatic carbocycles. The van der Waals surface area contributed by atoms with Crippen molar-refractivity contribution in [2.75, 3.05) is 0 Å². The Balaban J connectivity index is 2.46. The van der Waals surface area contributed by atoms with E-state index in [9.17, 15) is 9.59 Å². The largest absolute Gasteiger partial charge is 0.269 e. The summed E-state index contributed by atoms with van der Waals surface area (Å²) in [5.74, 6) is -0.832. The zero-order chi connectivity index (χ0) is 11.7. The minimum Gasteiger partial charge on any atom is -0.269 e. The maximum Gasteiger partial charge on any atom is 0.261 e. The van der Waals surface area contributed by atoms with E-state index >= 15 is 0 Å². The number of imide groups is 1. The fourth-order valence-electron chi connectivity index (χ4n) is 1.67. The molecule has 6 nitrogen and oxygen atoms in total. The van der Waals surface area contributed by atoms with Crippen molar-refractivity contribution in [2.24, 2.45) is 5.11 Å². The van der Waals surface area contributed by atoms with Crippen molar-refractivity contribution in [3.05, 3.63) is 45.8 Å². The summed E-state index contributed by atoms with van der Waals surface area (Å²) in [6.45, 7) is 1.50. The van der Waals surface area contributed by atoms with Gasteiger partial charge in [0.05, 0.1) is 11.1 Å². The van der Waals surface area contributed by atoms with Crippen LogP contribution in [0.4, 0.5) is 0 Å². The van der Waals surface area contributed by atoms with Gasteiger partial charge in [-0.1, -0.05) is 17.2 Å². The van der Waals surface area contributed by atoms with Crippen molar-refractivity contribution in [3.63, 3.8) is 0 Å². The number of carbonyl (C=O) groups is 2. The summed E-state index contributed by atoms with van der Waals surface area (Å²) >= 11 is 0. The molecule has 0 spiro atoms. The van der Waals surface area contributed by atoms with Crippen molar-refractivity contribution in [3.8, 4) is 0 Å². The quantitative estimate of drug-likeness (QED) is 0.327. The number of hydrogen-bond donors (Lipinski definition) is 0. The fourth-order valence-corrected chi connectivity index (χ4v) is 1.67. The van der Waals surface area contributed by atoms with Crippen LogP contribution in [0.5, 0.6) is 0 Å². The lowest BCUT2D eigenvalue weighted by Crippen LogP contribution is -2.36. The van der Waals surface area contributed by atoms with Crippen LogP contribution in [0.1, 0.15) is 27.6 Å². The molecule has 1 heterocycles. The van der Waals surface area contributed by atoms with Crippen LogP contribution in [0.25, 0.3) is 10.4 Å². The van der Waals surface area contributed by atoms with Crippen LogP contribution in [0.15, 0.2) is 29.4 Å². The second kappa shape index (κ2) is 3.67. The Hall–Kier alpha value is -2.33. The van der Waals surface area contributed by atoms with Gasteiger partial charge in [0.25, 0.3) is 11.8 Å². The number of carbonyl (C=O) groups excluding carboxylic acids is 2. The van der Waals surface area contributed by atoms with Gasteiger partial charge in [0.1, 0.15) is 6.17 Å². The molecule has 0 aromatic heterocycles. The van der Waals surface area contributed by atoms with E-state index in [1.165, 1.54) is 6.92 Å². The third-order valence-corrected chi connectivity index (χ3v) is 2.42. The second-order valence-corrected chi connectivity index (χ2v) is 3.36. The van der Waals surface area contributed by atoms with Crippen LogP contribution >= 0.6 is 0 Å². The van der Waals surface area contributed by atoms with E-state index in [0.29, 0.717) is 11.1 Å². The van der Waals surface area contributed by atoms with Gasteiger partial charge in [-0.3, -0.25) is 14.5 Å². The molecule has 0 N–H and O–H groups in total. The lowest BCUT2D eigenvalue weighted by molar-refractivity contribution is 0.0601. The average Bonchev–Trinajstić information content (AvgIpc) is 2.53. The molecular formula is C10H8N4O2. The zero-order valence-corrected chi connectivity index (χ0v) is 8.49. The first-order chi connectivity index (χ1) is 7.66. The Kier molecular flexibility index (Phi) is 2.34. The molecule has 1 aliphatic rings. The number of fused-ring (bicyclic) bond motifs is 1. The Bertz CT molecular complexity index is 484. The minimum absolute atomic E-state index is 0.354. The van der Waals surface area contributed by atoms with Crippen molar-refractivity contribution in [1.82, 2.24) is 4.90 Å². The highest BCUT2D eigenvalue weighted by molar-refractivity contribution is 6.21. The van der Waals surface area contributed by atoms with Crippen LogP contribution < -0.4 is 0 Å². The standard InChI is InChI=1S/C10H8N4O2/c1-6(12-13-11)14-9(15)7-4-2-3-5-8(7)10(14)16/h2-6H,1H3. The first-order valence-corrected chi connectivity index (χ1v) is 4.68. The molecule has 0 saturated carbocycles. The predicted octanol–water partition coefficient (Wildman–Crippen LogP) is 1.94. The summed E-state index contributed by atoms with van der Waals surface area (Å²) in [5, 5.41) is 3.36. The molecule has 1 atom stereocenters. The number of rotatable bonds is 2. The third kappa shape index (κ3) is 1.32. The first-order valence-electron chi connectivity index (χ1n) is 4.68. The molecule has 80 valence electrons. The van der Waals surface area contributed by atoms with E-state index in [2.05, 4.69) is 10.0 Å². The maximum atomic E-state index is 11.8. The first kappa shape index (κ1) is 10.2. The number of benzene rings is 1. The molecule has 0 bridgehead atoms. The number of hydrogen-bond acceptors (Lipinski definition) is 3. The van der Waals surface area contributed by atoms with Gasteiger partial charge in [-0.15, -0.1) is 0 Å². The van der Waals surface area contributed by atoms with E-state index in [0.717, 1.165) is 4.90 Å². The van der Waals surface area contributed by atoms with E-state index in [1.807, 2.05) is 0 Å². The van der Waals surface area contributed by atoms with Gasteiger partial charge in [0.15, 0.2) is 0 Å². The zero-order valence-electron chi connectivity index (χ0n) is 8.49. The Labute approximate surface area is 91.1 Å². The van der Waals surface area contributed by atoms with E-state index in [-0.39, 0.29) is 0 Å². The Morgan fingerprint density at radius 2 is 1.75 bits per heavy atom. The van der Waals surface area contributed by atoms with Crippen LogP contribution in [-0.2, 0) is 0 Å². The van der Waals surface area contributed by atoms with Crippen LogP contribution in [0.2, 0.25) is 0 Å². The molecule has 1 unspecified atom stereocenters. The van der Waals surface area contributed by atoms with E-state index < -0.39 is 18.0 Å². The lowest BCUT2D eigenvalue weighted by atomic mass is 10.1. The maximum absolute atomic E-state index is 11.8. The molecule has 1 aromatic rings. The Morgan fingerprint density at radius 1 is 1.25 bits per heavy atom. The van der Waals surface area contributed by atoms with Crippen molar-refractivity contribution >= 4 is 11.8 Å². The molecule has 0 saturated heterocycles.